The molecule has 0 fully saturated rings. The summed E-state index contributed by atoms with van der Waals surface area (Å²) in [5.41, 5.74) is 1.16. The van der Waals surface area contributed by atoms with Gasteiger partial charge in [-0.3, -0.25) is 19.6 Å². The lowest BCUT2D eigenvalue weighted by Gasteiger charge is -2.13. The second kappa shape index (κ2) is 8.32. The molecule has 1 N–H and O–H groups in total. The van der Waals surface area contributed by atoms with Gasteiger partial charge in [0.1, 0.15) is 17.9 Å². The number of aromatic nitrogens is 2. The fourth-order valence-electron chi connectivity index (χ4n) is 2.48. The first-order chi connectivity index (χ1) is 12.4. The Balaban J connectivity index is 1.94. The molecule has 2 rings (SSSR count). The topological polar surface area (TPSA) is 109 Å². The molecule has 1 atom stereocenters. The zero-order valence-corrected chi connectivity index (χ0v) is 15.2. The number of benzene rings is 1. The Labute approximate surface area is 151 Å². The van der Waals surface area contributed by atoms with E-state index in [1.54, 1.807) is 21.1 Å². The van der Waals surface area contributed by atoms with Gasteiger partial charge in [0.05, 0.1) is 19.1 Å². The number of nitro groups is 1. The molecule has 9 nitrogen and oxygen atoms in total. The number of methoxy groups -OCH3 is 2. The smallest absolute Gasteiger partial charge is 0.309 e. The SMILES string of the molecule is COc1ccc(CCNC(=O)C(C)n2cc([N+](=O)[O-])c(C)n2)cc1OC. The number of hydrogen-bond acceptors (Lipinski definition) is 6. The molecule has 0 aliphatic heterocycles. The number of hydrogen-bond donors (Lipinski definition) is 1. The van der Waals surface area contributed by atoms with Crippen LogP contribution in [-0.4, -0.2) is 41.4 Å². The van der Waals surface area contributed by atoms with Gasteiger partial charge >= 0.3 is 5.69 Å². The third-order valence-electron chi connectivity index (χ3n) is 4.02. The number of nitrogens with one attached hydrogen (secondary N) is 1. The minimum absolute atomic E-state index is 0.102. The second-order valence-corrected chi connectivity index (χ2v) is 5.74. The highest BCUT2D eigenvalue weighted by Crippen LogP contribution is 2.27. The van der Waals surface area contributed by atoms with Crippen molar-refractivity contribution in [1.82, 2.24) is 15.1 Å². The van der Waals surface area contributed by atoms with Crippen LogP contribution >= 0.6 is 0 Å². The number of ether oxygens (including phenoxy) is 2. The molecule has 0 radical (unpaired) electrons. The molecule has 0 aliphatic carbocycles. The first-order valence-corrected chi connectivity index (χ1v) is 8.06. The summed E-state index contributed by atoms with van der Waals surface area (Å²) in [6, 6.07) is 4.92. The highest BCUT2D eigenvalue weighted by Gasteiger charge is 2.21. The average molecular weight is 362 g/mol. The van der Waals surface area contributed by atoms with E-state index < -0.39 is 11.0 Å². The third kappa shape index (κ3) is 4.29. The van der Waals surface area contributed by atoms with Gasteiger partial charge in [-0.05, 0) is 38.0 Å². The Kier molecular flexibility index (Phi) is 6.16. The van der Waals surface area contributed by atoms with Gasteiger partial charge in [-0.25, -0.2) is 0 Å². The molecule has 1 heterocycles. The summed E-state index contributed by atoms with van der Waals surface area (Å²) in [5, 5.41) is 17.7. The predicted octanol–water partition coefficient (Wildman–Crippen LogP) is 2.04. The minimum atomic E-state index is -0.646. The number of rotatable bonds is 8. The Morgan fingerprint density at radius 2 is 2.04 bits per heavy atom. The molecular formula is C17H22N4O5. The van der Waals surface area contributed by atoms with E-state index in [0.29, 0.717) is 24.5 Å². The van der Waals surface area contributed by atoms with E-state index in [0.717, 1.165) is 5.56 Å². The minimum Gasteiger partial charge on any atom is -0.493 e. The lowest BCUT2D eigenvalue weighted by Crippen LogP contribution is -2.32. The van der Waals surface area contributed by atoms with Crippen molar-refractivity contribution in [2.75, 3.05) is 20.8 Å². The Bertz CT molecular complexity index is 802. The van der Waals surface area contributed by atoms with Gasteiger partial charge in [-0.15, -0.1) is 0 Å². The van der Waals surface area contributed by atoms with Crippen molar-refractivity contribution < 1.29 is 19.2 Å². The summed E-state index contributed by atoms with van der Waals surface area (Å²) in [4.78, 5) is 22.6. The van der Waals surface area contributed by atoms with Crippen LogP contribution in [0.4, 0.5) is 5.69 Å². The summed E-state index contributed by atoms with van der Waals surface area (Å²) in [6.07, 6.45) is 1.88. The van der Waals surface area contributed by atoms with Gasteiger partial charge in [0.25, 0.3) is 0 Å². The molecule has 0 spiro atoms. The normalized spacial score (nSPS) is 11.7. The van der Waals surface area contributed by atoms with E-state index >= 15 is 0 Å². The average Bonchev–Trinajstić information content (AvgIpc) is 3.02. The lowest BCUT2D eigenvalue weighted by molar-refractivity contribution is -0.385. The van der Waals surface area contributed by atoms with Crippen LogP contribution in [0.2, 0.25) is 0 Å². The van der Waals surface area contributed by atoms with Crippen LogP contribution in [0.25, 0.3) is 0 Å². The highest BCUT2D eigenvalue weighted by molar-refractivity contribution is 5.79. The van der Waals surface area contributed by atoms with E-state index in [-0.39, 0.29) is 17.3 Å². The highest BCUT2D eigenvalue weighted by atomic mass is 16.6. The summed E-state index contributed by atoms with van der Waals surface area (Å²) >= 11 is 0. The maximum absolute atomic E-state index is 12.3. The van der Waals surface area contributed by atoms with Crippen molar-refractivity contribution >= 4 is 11.6 Å². The van der Waals surface area contributed by atoms with Crippen molar-refractivity contribution in [3.05, 3.63) is 45.8 Å². The molecule has 0 aliphatic rings. The van der Waals surface area contributed by atoms with Crippen LogP contribution < -0.4 is 14.8 Å². The van der Waals surface area contributed by atoms with Crippen molar-refractivity contribution in [3.63, 3.8) is 0 Å². The molecule has 1 amide bonds. The standard InChI is InChI=1S/C17H22N4O5/c1-11-14(21(23)24)10-20(19-11)12(2)17(22)18-8-7-13-5-6-15(25-3)16(9-13)26-4/h5-6,9-10,12H,7-8H2,1-4H3,(H,18,22). The van der Waals surface area contributed by atoms with Crippen LogP contribution in [0.1, 0.15) is 24.2 Å². The fraction of sp³-hybridized carbons (Fsp3) is 0.412. The van der Waals surface area contributed by atoms with Crippen LogP contribution in [0.3, 0.4) is 0 Å². The molecule has 0 saturated carbocycles. The number of amides is 1. The molecule has 26 heavy (non-hydrogen) atoms. The van der Waals surface area contributed by atoms with E-state index in [4.69, 9.17) is 9.47 Å². The number of aryl methyl sites for hydroxylation is 1. The summed E-state index contributed by atoms with van der Waals surface area (Å²) in [5.74, 6) is 1.01. The number of nitrogens with zero attached hydrogens (tertiary/aromatic N) is 3. The van der Waals surface area contributed by atoms with Gasteiger partial charge < -0.3 is 14.8 Å². The van der Waals surface area contributed by atoms with Crippen molar-refractivity contribution in [1.29, 1.82) is 0 Å². The van der Waals surface area contributed by atoms with E-state index in [1.165, 1.54) is 17.8 Å². The molecule has 1 unspecified atom stereocenters. The predicted molar refractivity (Wildman–Crippen MR) is 94.6 cm³/mol. The molecule has 0 bridgehead atoms. The quantitative estimate of drug-likeness (QED) is 0.568. The maximum atomic E-state index is 12.3. The molecule has 0 saturated heterocycles. The number of carbonyl (C=O) groups is 1. The van der Waals surface area contributed by atoms with Gasteiger partial charge in [0, 0.05) is 6.54 Å². The van der Waals surface area contributed by atoms with Crippen molar-refractivity contribution in [3.8, 4) is 11.5 Å². The van der Waals surface area contributed by atoms with Gasteiger partial charge in [-0.1, -0.05) is 6.07 Å². The number of carbonyl (C=O) groups excluding carboxylic acids is 1. The Hall–Kier alpha value is -3.10. The van der Waals surface area contributed by atoms with Crippen LogP contribution in [0, 0.1) is 17.0 Å². The van der Waals surface area contributed by atoms with Crippen molar-refractivity contribution in [2.45, 2.75) is 26.3 Å². The van der Waals surface area contributed by atoms with E-state index in [2.05, 4.69) is 10.4 Å². The zero-order chi connectivity index (χ0) is 19.3. The van der Waals surface area contributed by atoms with Crippen molar-refractivity contribution in [2.24, 2.45) is 0 Å². The summed E-state index contributed by atoms with van der Waals surface area (Å²) in [6.45, 7) is 3.60. The summed E-state index contributed by atoms with van der Waals surface area (Å²) < 4.78 is 11.7. The first-order valence-electron chi connectivity index (χ1n) is 8.06. The maximum Gasteiger partial charge on any atom is 0.309 e. The van der Waals surface area contributed by atoms with Gasteiger partial charge in [0.15, 0.2) is 11.5 Å². The van der Waals surface area contributed by atoms with Crippen LogP contribution in [0.5, 0.6) is 11.5 Å². The fourth-order valence-corrected chi connectivity index (χ4v) is 2.48. The van der Waals surface area contributed by atoms with E-state index in [9.17, 15) is 14.9 Å². The zero-order valence-electron chi connectivity index (χ0n) is 15.2. The Morgan fingerprint density at radius 1 is 1.35 bits per heavy atom. The molecule has 1 aromatic heterocycles. The Morgan fingerprint density at radius 3 is 2.62 bits per heavy atom. The van der Waals surface area contributed by atoms with Crippen LogP contribution in [-0.2, 0) is 11.2 Å². The molecule has 2 aromatic rings. The summed E-state index contributed by atoms with van der Waals surface area (Å²) in [7, 11) is 3.14. The van der Waals surface area contributed by atoms with Gasteiger partial charge in [0.2, 0.25) is 5.91 Å². The molecule has 9 heteroatoms. The monoisotopic (exact) mass is 362 g/mol. The lowest BCUT2D eigenvalue weighted by atomic mass is 10.1. The molecular weight excluding hydrogens is 340 g/mol. The van der Waals surface area contributed by atoms with Crippen LogP contribution in [0.15, 0.2) is 24.4 Å². The largest absolute Gasteiger partial charge is 0.493 e. The van der Waals surface area contributed by atoms with E-state index in [1.807, 2.05) is 18.2 Å². The first kappa shape index (κ1) is 19.2. The second-order valence-electron chi connectivity index (χ2n) is 5.74. The van der Waals surface area contributed by atoms with Gasteiger partial charge in [-0.2, -0.15) is 5.10 Å². The molecule has 1 aromatic carbocycles. The molecule has 140 valence electrons. The third-order valence-corrected chi connectivity index (χ3v) is 4.02.